The van der Waals surface area contributed by atoms with Crippen LogP contribution in [0.5, 0.6) is 0 Å². The lowest BCUT2D eigenvalue weighted by atomic mass is 10.1. The molecule has 22 heavy (non-hydrogen) atoms. The number of nitrogens with one attached hydrogen (secondary N) is 1. The number of hydrogen-bond acceptors (Lipinski definition) is 5. The van der Waals surface area contributed by atoms with Gasteiger partial charge in [0.1, 0.15) is 11.6 Å². The van der Waals surface area contributed by atoms with Crippen LogP contribution >= 0.6 is 0 Å². The standard InChI is InChI=1S/C16H18N6/c1-2-14-18-8-11-5-7-22(9-13(11)20-14)10-15-19-12-4-3-6-17-16(12)21-15/h3-4,6,8H,2,5,7,9-10H2,1H3,(H,17,19,21). The van der Waals surface area contributed by atoms with Gasteiger partial charge in [-0.05, 0) is 24.1 Å². The summed E-state index contributed by atoms with van der Waals surface area (Å²) in [5, 5.41) is 0. The summed E-state index contributed by atoms with van der Waals surface area (Å²) in [6.07, 6.45) is 5.64. The fraction of sp³-hybridized carbons (Fsp3) is 0.375. The highest BCUT2D eigenvalue weighted by Crippen LogP contribution is 2.18. The predicted molar refractivity (Wildman–Crippen MR) is 83.1 cm³/mol. The van der Waals surface area contributed by atoms with Crippen molar-refractivity contribution < 1.29 is 0 Å². The van der Waals surface area contributed by atoms with Gasteiger partial charge in [0.05, 0.1) is 17.8 Å². The van der Waals surface area contributed by atoms with E-state index in [9.17, 15) is 0 Å². The minimum Gasteiger partial charge on any atom is -0.340 e. The number of rotatable bonds is 3. The van der Waals surface area contributed by atoms with E-state index in [1.165, 1.54) is 5.56 Å². The van der Waals surface area contributed by atoms with Crippen LogP contribution in [0.15, 0.2) is 24.5 Å². The number of hydrogen-bond donors (Lipinski definition) is 1. The third-order valence-corrected chi connectivity index (χ3v) is 4.07. The van der Waals surface area contributed by atoms with Crippen LogP contribution in [0.4, 0.5) is 0 Å². The molecular formula is C16H18N6. The van der Waals surface area contributed by atoms with Crippen molar-refractivity contribution in [3.63, 3.8) is 0 Å². The second kappa shape index (κ2) is 5.46. The first kappa shape index (κ1) is 13.3. The van der Waals surface area contributed by atoms with Gasteiger partial charge in [0.25, 0.3) is 0 Å². The summed E-state index contributed by atoms with van der Waals surface area (Å²) in [7, 11) is 0. The summed E-state index contributed by atoms with van der Waals surface area (Å²) in [6.45, 7) is 4.74. The number of imidazole rings is 1. The minimum absolute atomic E-state index is 0.783. The number of aryl methyl sites for hydroxylation is 1. The molecule has 6 nitrogen and oxygen atoms in total. The van der Waals surface area contributed by atoms with E-state index in [0.29, 0.717) is 0 Å². The number of fused-ring (bicyclic) bond motifs is 2. The lowest BCUT2D eigenvalue weighted by Crippen LogP contribution is -2.31. The summed E-state index contributed by atoms with van der Waals surface area (Å²) in [6, 6.07) is 3.93. The normalized spacial score (nSPS) is 15.1. The molecule has 1 aliphatic heterocycles. The van der Waals surface area contributed by atoms with Crippen LogP contribution in [0.1, 0.15) is 29.8 Å². The van der Waals surface area contributed by atoms with Gasteiger partial charge in [0.2, 0.25) is 0 Å². The maximum Gasteiger partial charge on any atom is 0.177 e. The van der Waals surface area contributed by atoms with E-state index in [4.69, 9.17) is 0 Å². The molecule has 3 aromatic rings. The van der Waals surface area contributed by atoms with Crippen molar-refractivity contribution in [1.29, 1.82) is 0 Å². The van der Waals surface area contributed by atoms with E-state index < -0.39 is 0 Å². The highest BCUT2D eigenvalue weighted by molar-refractivity contribution is 5.69. The number of pyridine rings is 1. The van der Waals surface area contributed by atoms with Crippen molar-refractivity contribution in [2.24, 2.45) is 0 Å². The molecule has 0 atom stereocenters. The van der Waals surface area contributed by atoms with E-state index in [1.54, 1.807) is 6.20 Å². The fourth-order valence-corrected chi connectivity index (χ4v) is 2.89. The molecule has 0 amide bonds. The van der Waals surface area contributed by atoms with Gasteiger partial charge in [-0.2, -0.15) is 0 Å². The van der Waals surface area contributed by atoms with E-state index in [0.717, 1.165) is 61.0 Å². The fourth-order valence-electron chi connectivity index (χ4n) is 2.89. The molecule has 0 bridgehead atoms. The monoisotopic (exact) mass is 294 g/mol. The van der Waals surface area contributed by atoms with Crippen molar-refractivity contribution in [3.05, 3.63) is 47.4 Å². The van der Waals surface area contributed by atoms with Crippen molar-refractivity contribution >= 4 is 11.2 Å². The van der Waals surface area contributed by atoms with Crippen molar-refractivity contribution in [3.8, 4) is 0 Å². The average molecular weight is 294 g/mol. The van der Waals surface area contributed by atoms with Gasteiger partial charge in [-0.15, -0.1) is 0 Å². The molecule has 0 fully saturated rings. The Kier molecular flexibility index (Phi) is 3.31. The molecule has 4 heterocycles. The molecule has 0 aromatic carbocycles. The maximum atomic E-state index is 4.67. The molecule has 0 saturated heterocycles. The Bertz CT molecular complexity index is 776. The van der Waals surface area contributed by atoms with Crippen LogP contribution in [0.3, 0.4) is 0 Å². The number of aromatic amines is 1. The van der Waals surface area contributed by atoms with Crippen LogP contribution in [0, 0.1) is 0 Å². The van der Waals surface area contributed by atoms with Gasteiger partial charge in [-0.3, -0.25) is 4.90 Å². The second-order valence-corrected chi connectivity index (χ2v) is 5.63. The average Bonchev–Trinajstić information content (AvgIpc) is 2.96. The zero-order chi connectivity index (χ0) is 14.9. The molecule has 3 aromatic heterocycles. The first-order valence-corrected chi connectivity index (χ1v) is 7.67. The summed E-state index contributed by atoms with van der Waals surface area (Å²) >= 11 is 0. The topological polar surface area (TPSA) is 70.6 Å². The van der Waals surface area contributed by atoms with E-state index in [1.807, 2.05) is 18.3 Å². The van der Waals surface area contributed by atoms with E-state index in [2.05, 4.69) is 36.7 Å². The van der Waals surface area contributed by atoms with Crippen molar-refractivity contribution in [2.75, 3.05) is 6.54 Å². The quantitative estimate of drug-likeness (QED) is 0.798. The van der Waals surface area contributed by atoms with Crippen LogP contribution in [0.2, 0.25) is 0 Å². The Labute approximate surface area is 128 Å². The molecule has 0 radical (unpaired) electrons. The SMILES string of the molecule is CCc1ncc2c(n1)CN(Cc1nc3ncccc3[nH]1)CC2. The lowest BCUT2D eigenvalue weighted by molar-refractivity contribution is 0.235. The zero-order valence-electron chi connectivity index (χ0n) is 12.6. The molecule has 1 aliphatic rings. The molecule has 4 rings (SSSR count). The third-order valence-electron chi connectivity index (χ3n) is 4.07. The summed E-state index contributed by atoms with van der Waals surface area (Å²) < 4.78 is 0. The van der Waals surface area contributed by atoms with Crippen LogP contribution in [-0.2, 0) is 25.9 Å². The highest BCUT2D eigenvalue weighted by Gasteiger charge is 2.19. The van der Waals surface area contributed by atoms with Crippen LogP contribution in [-0.4, -0.2) is 36.4 Å². The lowest BCUT2D eigenvalue weighted by Gasteiger charge is -2.27. The van der Waals surface area contributed by atoms with Crippen LogP contribution in [0.25, 0.3) is 11.2 Å². The van der Waals surface area contributed by atoms with Gasteiger partial charge in [-0.25, -0.2) is 19.9 Å². The van der Waals surface area contributed by atoms with Crippen molar-refractivity contribution in [1.82, 2.24) is 29.8 Å². The number of H-pyrrole nitrogens is 1. The molecule has 1 N–H and O–H groups in total. The largest absolute Gasteiger partial charge is 0.340 e. The maximum absolute atomic E-state index is 4.67. The second-order valence-electron chi connectivity index (χ2n) is 5.63. The number of aromatic nitrogens is 5. The molecule has 0 unspecified atom stereocenters. The Morgan fingerprint density at radius 3 is 3.09 bits per heavy atom. The first-order chi connectivity index (χ1) is 10.8. The van der Waals surface area contributed by atoms with Gasteiger partial charge in [-0.1, -0.05) is 6.92 Å². The molecule has 0 aliphatic carbocycles. The molecule has 6 heteroatoms. The predicted octanol–water partition coefficient (Wildman–Crippen LogP) is 1.87. The first-order valence-electron chi connectivity index (χ1n) is 7.67. The van der Waals surface area contributed by atoms with E-state index in [-0.39, 0.29) is 0 Å². The Morgan fingerprint density at radius 1 is 1.27 bits per heavy atom. The van der Waals surface area contributed by atoms with Gasteiger partial charge < -0.3 is 4.98 Å². The molecular weight excluding hydrogens is 276 g/mol. The Morgan fingerprint density at radius 2 is 2.23 bits per heavy atom. The summed E-state index contributed by atoms with van der Waals surface area (Å²) in [4.78, 5) is 23.6. The van der Waals surface area contributed by atoms with Gasteiger partial charge in [0.15, 0.2) is 5.65 Å². The van der Waals surface area contributed by atoms with Crippen molar-refractivity contribution in [2.45, 2.75) is 32.9 Å². The van der Waals surface area contributed by atoms with Gasteiger partial charge >= 0.3 is 0 Å². The highest BCUT2D eigenvalue weighted by atomic mass is 15.2. The Hall–Kier alpha value is -2.34. The minimum atomic E-state index is 0.783. The number of nitrogens with zero attached hydrogens (tertiary/aromatic N) is 5. The smallest absolute Gasteiger partial charge is 0.177 e. The van der Waals surface area contributed by atoms with Crippen LogP contribution < -0.4 is 0 Å². The molecule has 0 spiro atoms. The third kappa shape index (κ3) is 2.46. The molecule has 0 saturated carbocycles. The van der Waals surface area contributed by atoms with Gasteiger partial charge in [0, 0.05) is 31.9 Å². The summed E-state index contributed by atoms with van der Waals surface area (Å²) in [5.74, 6) is 1.88. The summed E-state index contributed by atoms with van der Waals surface area (Å²) in [5.41, 5.74) is 4.21. The zero-order valence-corrected chi connectivity index (χ0v) is 12.6. The molecule has 112 valence electrons. The van der Waals surface area contributed by atoms with E-state index >= 15 is 0 Å². The Balaban J connectivity index is 1.54.